The molecule has 0 unspecified atom stereocenters. The highest BCUT2D eigenvalue weighted by Gasteiger charge is 2.13. The van der Waals surface area contributed by atoms with Crippen molar-refractivity contribution < 1.29 is 4.74 Å². The molecule has 0 fully saturated rings. The minimum atomic E-state index is -0.134. The third-order valence-corrected chi connectivity index (χ3v) is 3.90. The van der Waals surface area contributed by atoms with Gasteiger partial charge >= 0.3 is 0 Å². The first kappa shape index (κ1) is 14.2. The van der Waals surface area contributed by atoms with Crippen LogP contribution in [0.15, 0.2) is 59.7 Å². The predicted octanol–water partition coefficient (Wildman–Crippen LogP) is 2.99. The zero-order valence-corrected chi connectivity index (χ0v) is 12.9. The maximum absolute atomic E-state index is 11.2. The van der Waals surface area contributed by atoms with Gasteiger partial charge < -0.3 is 9.72 Å². The fourth-order valence-corrected chi connectivity index (χ4v) is 2.70. The smallest absolute Gasteiger partial charge is 0.247 e. The van der Waals surface area contributed by atoms with E-state index in [1.807, 2.05) is 30.3 Å². The number of rotatable bonds is 3. The lowest BCUT2D eigenvalue weighted by atomic mass is 10.0. The molecule has 0 spiro atoms. The summed E-state index contributed by atoms with van der Waals surface area (Å²) in [6.07, 6.45) is 3.41. The Balaban J connectivity index is 1.90. The third-order valence-electron chi connectivity index (χ3n) is 3.90. The highest BCUT2D eigenvalue weighted by molar-refractivity contribution is 5.94. The van der Waals surface area contributed by atoms with Gasteiger partial charge in [0.15, 0.2) is 5.65 Å². The van der Waals surface area contributed by atoms with E-state index in [1.54, 1.807) is 25.6 Å². The molecule has 0 atom stereocenters. The molecule has 6 heteroatoms. The van der Waals surface area contributed by atoms with E-state index in [2.05, 4.69) is 20.2 Å². The van der Waals surface area contributed by atoms with Crippen LogP contribution in [0, 0.1) is 0 Å². The number of hydrogen-bond donors (Lipinski definition) is 2. The van der Waals surface area contributed by atoms with Crippen LogP contribution in [0.2, 0.25) is 0 Å². The van der Waals surface area contributed by atoms with Gasteiger partial charge in [-0.3, -0.25) is 9.89 Å². The molecule has 0 aliphatic carbocycles. The fraction of sp³-hybridized carbons (Fsp3) is 0.0556. The fourth-order valence-electron chi connectivity index (χ4n) is 2.70. The Morgan fingerprint density at radius 1 is 1.08 bits per heavy atom. The number of nitrogens with one attached hydrogen (secondary N) is 2. The van der Waals surface area contributed by atoms with Crippen molar-refractivity contribution in [2.24, 2.45) is 0 Å². The van der Waals surface area contributed by atoms with Crippen LogP contribution in [0.3, 0.4) is 0 Å². The zero-order chi connectivity index (χ0) is 16.5. The van der Waals surface area contributed by atoms with E-state index >= 15 is 0 Å². The molecular weight excluding hydrogens is 304 g/mol. The van der Waals surface area contributed by atoms with Crippen molar-refractivity contribution >= 4 is 11.0 Å². The van der Waals surface area contributed by atoms with Gasteiger partial charge in [-0.05, 0) is 29.8 Å². The van der Waals surface area contributed by atoms with Crippen LogP contribution in [0.5, 0.6) is 5.75 Å². The summed E-state index contributed by atoms with van der Waals surface area (Å²) in [6.45, 7) is 0. The molecule has 6 nitrogen and oxygen atoms in total. The van der Waals surface area contributed by atoms with Gasteiger partial charge in [-0.1, -0.05) is 12.1 Å². The van der Waals surface area contributed by atoms with Crippen molar-refractivity contribution in [2.45, 2.75) is 0 Å². The standard InChI is InChI=1S/C18H14N4O2/c1-24-15-5-3-2-4-13(15)17-14-8-12(10-20-18(14)22-21-17)11-6-7-16(23)19-9-11/h2-10H,1H3,(H,19,23)(H,20,21,22). The Kier molecular flexibility index (Phi) is 3.35. The molecule has 24 heavy (non-hydrogen) atoms. The summed E-state index contributed by atoms with van der Waals surface area (Å²) in [5, 5.41) is 8.20. The van der Waals surface area contributed by atoms with Gasteiger partial charge in [-0.25, -0.2) is 4.98 Å². The summed E-state index contributed by atoms with van der Waals surface area (Å²) in [6, 6.07) is 13.0. The Hall–Kier alpha value is -3.41. The van der Waals surface area contributed by atoms with Crippen molar-refractivity contribution in [3.8, 4) is 28.1 Å². The van der Waals surface area contributed by atoms with Gasteiger partial charge in [0.25, 0.3) is 0 Å². The molecule has 4 rings (SSSR count). The number of benzene rings is 1. The van der Waals surface area contributed by atoms with E-state index in [4.69, 9.17) is 4.74 Å². The van der Waals surface area contributed by atoms with E-state index in [9.17, 15) is 4.79 Å². The molecule has 0 bridgehead atoms. The van der Waals surface area contributed by atoms with Gasteiger partial charge in [0.2, 0.25) is 5.56 Å². The van der Waals surface area contributed by atoms with Gasteiger partial charge in [-0.2, -0.15) is 5.10 Å². The number of pyridine rings is 2. The SMILES string of the molecule is COc1ccccc1-c1[nH]nc2ncc(-c3ccc(=O)[nH]c3)cc12. The van der Waals surface area contributed by atoms with Crippen LogP contribution in [0.1, 0.15) is 0 Å². The average Bonchev–Trinajstić information content (AvgIpc) is 3.05. The Labute approximate surface area is 137 Å². The number of hydrogen-bond acceptors (Lipinski definition) is 4. The molecule has 3 aromatic heterocycles. The first-order valence-corrected chi connectivity index (χ1v) is 7.43. The number of H-pyrrole nitrogens is 2. The van der Waals surface area contributed by atoms with Crippen LogP contribution in [0.25, 0.3) is 33.4 Å². The van der Waals surface area contributed by atoms with Crippen LogP contribution < -0.4 is 10.3 Å². The average molecular weight is 318 g/mol. The summed E-state index contributed by atoms with van der Waals surface area (Å²) >= 11 is 0. The van der Waals surface area contributed by atoms with Crippen molar-refractivity contribution in [3.63, 3.8) is 0 Å². The van der Waals surface area contributed by atoms with Gasteiger partial charge in [0.05, 0.1) is 12.8 Å². The summed E-state index contributed by atoms with van der Waals surface area (Å²) in [4.78, 5) is 18.3. The second-order valence-corrected chi connectivity index (χ2v) is 5.34. The number of aromatic amines is 2. The lowest BCUT2D eigenvalue weighted by molar-refractivity contribution is 0.416. The minimum Gasteiger partial charge on any atom is -0.496 e. The molecule has 0 aliphatic heterocycles. The molecule has 1 aromatic carbocycles. The van der Waals surface area contributed by atoms with Crippen LogP contribution in [0.4, 0.5) is 0 Å². The number of aromatic nitrogens is 4. The molecule has 118 valence electrons. The monoisotopic (exact) mass is 318 g/mol. The molecule has 3 heterocycles. The number of nitrogens with zero attached hydrogens (tertiary/aromatic N) is 2. The van der Waals surface area contributed by atoms with Crippen molar-refractivity contribution in [1.29, 1.82) is 0 Å². The lowest BCUT2D eigenvalue weighted by Gasteiger charge is -2.07. The van der Waals surface area contributed by atoms with Crippen LogP contribution >= 0.6 is 0 Å². The summed E-state index contributed by atoms with van der Waals surface area (Å²) in [7, 11) is 1.64. The van der Waals surface area contributed by atoms with Crippen molar-refractivity contribution in [1.82, 2.24) is 20.2 Å². The molecular formula is C18H14N4O2. The quantitative estimate of drug-likeness (QED) is 0.608. The number of fused-ring (bicyclic) bond motifs is 1. The summed E-state index contributed by atoms with van der Waals surface area (Å²) < 4.78 is 5.44. The second-order valence-electron chi connectivity index (χ2n) is 5.34. The van der Waals surface area contributed by atoms with E-state index < -0.39 is 0 Å². The molecule has 4 aromatic rings. The van der Waals surface area contributed by atoms with E-state index in [0.29, 0.717) is 5.65 Å². The maximum atomic E-state index is 11.2. The maximum Gasteiger partial charge on any atom is 0.247 e. The first-order valence-electron chi connectivity index (χ1n) is 7.43. The molecule has 2 N–H and O–H groups in total. The second kappa shape index (κ2) is 5.66. The summed E-state index contributed by atoms with van der Waals surface area (Å²) in [5.74, 6) is 0.762. The molecule has 0 radical (unpaired) electrons. The topological polar surface area (TPSA) is 83.7 Å². The number of methoxy groups -OCH3 is 1. The first-order chi connectivity index (χ1) is 11.8. The van der Waals surface area contributed by atoms with E-state index in [1.165, 1.54) is 6.07 Å². The number of para-hydroxylation sites is 1. The van der Waals surface area contributed by atoms with Crippen LogP contribution in [-0.2, 0) is 0 Å². The summed E-state index contributed by atoms with van der Waals surface area (Å²) in [5.41, 5.74) is 4.05. The zero-order valence-electron chi connectivity index (χ0n) is 12.9. The largest absolute Gasteiger partial charge is 0.496 e. The van der Waals surface area contributed by atoms with Crippen molar-refractivity contribution in [3.05, 3.63) is 65.2 Å². The Morgan fingerprint density at radius 2 is 1.96 bits per heavy atom. The van der Waals surface area contributed by atoms with E-state index in [-0.39, 0.29) is 5.56 Å². The Morgan fingerprint density at radius 3 is 2.75 bits per heavy atom. The van der Waals surface area contributed by atoms with Crippen LogP contribution in [-0.4, -0.2) is 27.3 Å². The highest BCUT2D eigenvalue weighted by Crippen LogP contribution is 2.34. The van der Waals surface area contributed by atoms with E-state index in [0.717, 1.165) is 33.5 Å². The van der Waals surface area contributed by atoms with Gasteiger partial charge in [0.1, 0.15) is 5.75 Å². The predicted molar refractivity (Wildman–Crippen MR) is 91.9 cm³/mol. The number of ether oxygens (including phenoxy) is 1. The van der Waals surface area contributed by atoms with Gasteiger partial charge in [0, 0.05) is 35.0 Å². The normalized spacial score (nSPS) is 10.9. The van der Waals surface area contributed by atoms with Gasteiger partial charge in [-0.15, -0.1) is 0 Å². The third kappa shape index (κ3) is 2.34. The Bertz CT molecular complexity index is 1060. The molecule has 0 amide bonds. The molecule has 0 aliphatic rings. The lowest BCUT2D eigenvalue weighted by Crippen LogP contribution is -2.01. The molecule has 0 saturated heterocycles. The minimum absolute atomic E-state index is 0.134. The highest BCUT2D eigenvalue weighted by atomic mass is 16.5. The van der Waals surface area contributed by atoms with Crippen molar-refractivity contribution in [2.75, 3.05) is 7.11 Å². The molecule has 0 saturated carbocycles.